The highest BCUT2D eigenvalue weighted by Crippen LogP contribution is 2.34. The SMILES string of the molecule is C=CCn1c(SCc2ccc(C(=O)O)o2)nnc1-c1cc(-c2ccc(OC)cc2)nc2ccccc12. The predicted molar refractivity (Wildman–Crippen MR) is 138 cm³/mol. The summed E-state index contributed by atoms with van der Waals surface area (Å²) in [6.07, 6.45) is 1.79. The number of carboxylic acid groups (broad SMARTS) is 1. The van der Waals surface area contributed by atoms with Gasteiger partial charge in [0, 0.05) is 23.1 Å². The summed E-state index contributed by atoms with van der Waals surface area (Å²) in [6, 6.07) is 20.8. The van der Waals surface area contributed by atoms with Gasteiger partial charge in [0.05, 0.1) is 24.1 Å². The minimum atomic E-state index is -1.10. The number of aromatic nitrogens is 4. The molecule has 5 rings (SSSR count). The number of pyridine rings is 1. The number of allylic oxidation sites excluding steroid dienone is 1. The van der Waals surface area contributed by atoms with Crippen molar-refractivity contribution >= 4 is 28.6 Å². The largest absolute Gasteiger partial charge is 0.497 e. The van der Waals surface area contributed by atoms with Crippen LogP contribution < -0.4 is 4.74 Å². The summed E-state index contributed by atoms with van der Waals surface area (Å²) in [5, 5.41) is 19.7. The van der Waals surface area contributed by atoms with Gasteiger partial charge in [0.15, 0.2) is 11.0 Å². The minimum Gasteiger partial charge on any atom is -0.497 e. The molecule has 5 aromatic rings. The first kappa shape index (κ1) is 23.4. The second kappa shape index (κ2) is 10.1. The number of methoxy groups -OCH3 is 1. The van der Waals surface area contributed by atoms with E-state index in [1.54, 1.807) is 19.3 Å². The maximum Gasteiger partial charge on any atom is 0.371 e. The van der Waals surface area contributed by atoms with E-state index in [9.17, 15) is 4.79 Å². The van der Waals surface area contributed by atoms with Gasteiger partial charge in [-0.1, -0.05) is 36.0 Å². The molecule has 0 saturated carbocycles. The van der Waals surface area contributed by atoms with Crippen molar-refractivity contribution in [2.45, 2.75) is 17.5 Å². The van der Waals surface area contributed by atoms with Crippen molar-refractivity contribution in [2.75, 3.05) is 7.11 Å². The highest BCUT2D eigenvalue weighted by atomic mass is 32.2. The van der Waals surface area contributed by atoms with Crippen LogP contribution >= 0.6 is 11.8 Å². The number of thioether (sulfide) groups is 1. The van der Waals surface area contributed by atoms with Crippen molar-refractivity contribution in [3.8, 4) is 28.4 Å². The molecule has 1 N–H and O–H groups in total. The molecule has 3 aromatic heterocycles. The van der Waals surface area contributed by atoms with E-state index < -0.39 is 5.97 Å². The van der Waals surface area contributed by atoms with Gasteiger partial charge in [0.25, 0.3) is 0 Å². The van der Waals surface area contributed by atoms with Crippen LogP contribution in [0.15, 0.2) is 89.0 Å². The number of para-hydroxylation sites is 1. The lowest BCUT2D eigenvalue weighted by Gasteiger charge is -2.12. The number of hydrogen-bond donors (Lipinski definition) is 1. The molecule has 3 heterocycles. The molecule has 0 unspecified atom stereocenters. The average molecular weight is 499 g/mol. The number of fused-ring (bicyclic) bond motifs is 1. The van der Waals surface area contributed by atoms with Gasteiger partial charge in [-0.2, -0.15) is 0 Å². The Morgan fingerprint density at radius 3 is 2.67 bits per heavy atom. The van der Waals surface area contributed by atoms with E-state index in [-0.39, 0.29) is 5.76 Å². The third-order valence-electron chi connectivity index (χ3n) is 5.59. The van der Waals surface area contributed by atoms with Crippen molar-refractivity contribution in [3.63, 3.8) is 0 Å². The number of ether oxygens (including phenoxy) is 1. The molecule has 0 radical (unpaired) electrons. The fraction of sp³-hybridized carbons (Fsp3) is 0.111. The van der Waals surface area contributed by atoms with Crippen molar-refractivity contribution < 1.29 is 19.1 Å². The van der Waals surface area contributed by atoms with Gasteiger partial charge >= 0.3 is 5.97 Å². The highest BCUT2D eigenvalue weighted by molar-refractivity contribution is 7.98. The Bertz CT molecular complexity index is 1560. The Hall–Kier alpha value is -4.37. The standard InChI is InChI=1S/C27H22N4O4S/c1-3-14-31-25(29-30-27(31)36-16-19-12-13-24(35-19)26(32)33)21-15-23(17-8-10-18(34-2)11-9-17)28-22-7-5-4-6-20(21)22/h3-13,15H,1,14,16H2,2H3,(H,32,33). The second-order valence-corrected chi connectivity index (χ2v) is 8.81. The van der Waals surface area contributed by atoms with Gasteiger partial charge in [-0.3, -0.25) is 4.57 Å². The number of furan rings is 1. The zero-order chi connectivity index (χ0) is 25.1. The molecule has 2 aromatic carbocycles. The molecule has 0 amide bonds. The molecule has 0 aliphatic carbocycles. The molecule has 0 saturated heterocycles. The lowest BCUT2D eigenvalue weighted by Crippen LogP contribution is -2.02. The predicted octanol–water partition coefficient (Wildman–Crippen LogP) is 5.94. The van der Waals surface area contributed by atoms with E-state index in [4.69, 9.17) is 19.2 Å². The van der Waals surface area contributed by atoms with Crippen LogP contribution in [0.2, 0.25) is 0 Å². The summed E-state index contributed by atoms with van der Waals surface area (Å²) in [5.74, 6) is 1.24. The summed E-state index contributed by atoms with van der Waals surface area (Å²) in [5.41, 5.74) is 3.52. The van der Waals surface area contributed by atoms with E-state index >= 15 is 0 Å². The van der Waals surface area contributed by atoms with E-state index in [0.29, 0.717) is 29.0 Å². The zero-order valence-electron chi connectivity index (χ0n) is 19.4. The number of carbonyl (C=O) groups is 1. The molecular weight excluding hydrogens is 476 g/mol. The Morgan fingerprint density at radius 2 is 1.94 bits per heavy atom. The van der Waals surface area contributed by atoms with E-state index in [1.807, 2.05) is 59.2 Å². The van der Waals surface area contributed by atoms with Crippen LogP contribution in [0.5, 0.6) is 5.75 Å². The number of nitrogens with zero attached hydrogens (tertiary/aromatic N) is 4. The monoisotopic (exact) mass is 498 g/mol. The second-order valence-electron chi connectivity index (χ2n) is 7.87. The third-order valence-corrected chi connectivity index (χ3v) is 6.58. The quantitative estimate of drug-likeness (QED) is 0.197. The van der Waals surface area contributed by atoms with Crippen LogP contribution in [0.25, 0.3) is 33.5 Å². The Labute approximate surface area is 211 Å². The maximum absolute atomic E-state index is 11.1. The van der Waals surface area contributed by atoms with Gasteiger partial charge in [0.2, 0.25) is 5.76 Å². The molecule has 0 atom stereocenters. The minimum absolute atomic E-state index is 0.0897. The topological polar surface area (TPSA) is 103 Å². The first-order valence-electron chi connectivity index (χ1n) is 11.1. The number of hydrogen-bond acceptors (Lipinski definition) is 7. The molecule has 36 heavy (non-hydrogen) atoms. The lowest BCUT2D eigenvalue weighted by atomic mass is 10.0. The molecule has 0 aliphatic rings. The summed E-state index contributed by atoms with van der Waals surface area (Å²) in [7, 11) is 1.64. The van der Waals surface area contributed by atoms with Crippen LogP contribution in [0.1, 0.15) is 16.3 Å². The van der Waals surface area contributed by atoms with Crippen molar-refractivity contribution in [3.05, 3.63) is 90.9 Å². The number of carboxylic acids is 1. The Morgan fingerprint density at radius 1 is 1.14 bits per heavy atom. The van der Waals surface area contributed by atoms with Crippen molar-refractivity contribution in [1.29, 1.82) is 0 Å². The lowest BCUT2D eigenvalue weighted by molar-refractivity contribution is 0.0661. The van der Waals surface area contributed by atoms with Crippen LogP contribution in [-0.2, 0) is 12.3 Å². The van der Waals surface area contributed by atoms with Crippen LogP contribution in [-0.4, -0.2) is 37.9 Å². The molecule has 180 valence electrons. The van der Waals surface area contributed by atoms with Gasteiger partial charge in [-0.15, -0.1) is 16.8 Å². The molecule has 0 aliphatic heterocycles. The number of benzene rings is 2. The van der Waals surface area contributed by atoms with E-state index in [0.717, 1.165) is 33.5 Å². The summed E-state index contributed by atoms with van der Waals surface area (Å²) in [6.45, 7) is 4.40. The van der Waals surface area contributed by atoms with Crippen molar-refractivity contribution in [1.82, 2.24) is 19.7 Å². The first-order valence-corrected chi connectivity index (χ1v) is 12.1. The van der Waals surface area contributed by atoms with E-state index in [2.05, 4.69) is 16.8 Å². The summed E-state index contributed by atoms with van der Waals surface area (Å²) in [4.78, 5) is 16.0. The smallest absolute Gasteiger partial charge is 0.371 e. The Kier molecular flexibility index (Phi) is 6.55. The van der Waals surface area contributed by atoms with Crippen LogP contribution in [0, 0.1) is 0 Å². The first-order chi connectivity index (χ1) is 17.6. The van der Waals surface area contributed by atoms with E-state index in [1.165, 1.54) is 17.8 Å². The summed E-state index contributed by atoms with van der Waals surface area (Å²) < 4.78 is 12.7. The fourth-order valence-corrected chi connectivity index (χ4v) is 4.71. The number of rotatable bonds is 9. The maximum atomic E-state index is 11.1. The van der Waals surface area contributed by atoms with Crippen LogP contribution in [0.4, 0.5) is 0 Å². The average Bonchev–Trinajstić information content (AvgIpc) is 3.54. The molecule has 9 heteroatoms. The van der Waals surface area contributed by atoms with Gasteiger partial charge in [-0.05, 0) is 48.5 Å². The molecular formula is C27H22N4O4S. The zero-order valence-corrected chi connectivity index (χ0v) is 20.2. The normalized spacial score (nSPS) is 11.0. The summed E-state index contributed by atoms with van der Waals surface area (Å²) >= 11 is 1.42. The number of aromatic carboxylic acids is 1. The van der Waals surface area contributed by atoms with Gasteiger partial charge in [0.1, 0.15) is 11.5 Å². The fourth-order valence-electron chi connectivity index (χ4n) is 3.86. The van der Waals surface area contributed by atoms with Crippen LogP contribution in [0.3, 0.4) is 0 Å². The Balaban J connectivity index is 1.56. The van der Waals surface area contributed by atoms with Gasteiger partial charge < -0.3 is 14.3 Å². The molecule has 0 bridgehead atoms. The molecule has 8 nitrogen and oxygen atoms in total. The molecule has 0 fully saturated rings. The third kappa shape index (κ3) is 4.60. The highest BCUT2D eigenvalue weighted by Gasteiger charge is 2.19. The van der Waals surface area contributed by atoms with Gasteiger partial charge in [-0.25, -0.2) is 9.78 Å². The van der Waals surface area contributed by atoms with Crippen molar-refractivity contribution in [2.24, 2.45) is 0 Å². The molecule has 0 spiro atoms.